The predicted molar refractivity (Wildman–Crippen MR) is 79.7 cm³/mol. The zero-order chi connectivity index (χ0) is 13.8. The van der Waals surface area contributed by atoms with Crippen LogP contribution >= 0.6 is 11.3 Å². The van der Waals surface area contributed by atoms with Gasteiger partial charge in [0, 0.05) is 5.38 Å². The summed E-state index contributed by atoms with van der Waals surface area (Å²) in [5, 5.41) is 5.54. The van der Waals surface area contributed by atoms with Crippen molar-refractivity contribution in [3.8, 4) is 0 Å². The van der Waals surface area contributed by atoms with Crippen molar-refractivity contribution in [2.24, 2.45) is 0 Å². The molecule has 0 saturated heterocycles. The lowest BCUT2D eigenvalue weighted by Crippen LogP contribution is -2.14. The molecule has 4 heteroatoms. The van der Waals surface area contributed by atoms with Gasteiger partial charge in [-0.1, -0.05) is 38.1 Å². The normalized spacial score (nSPS) is 10.7. The van der Waals surface area contributed by atoms with E-state index in [2.05, 4.69) is 24.1 Å². The highest BCUT2D eigenvalue weighted by Crippen LogP contribution is 2.21. The first-order valence-corrected chi connectivity index (χ1v) is 7.24. The van der Waals surface area contributed by atoms with Crippen molar-refractivity contribution in [2.75, 3.05) is 5.32 Å². The van der Waals surface area contributed by atoms with Crippen molar-refractivity contribution in [1.82, 2.24) is 4.98 Å². The monoisotopic (exact) mass is 274 g/mol. The molecule has 0 bridgehead atoms. The van der Waals surface area contributed by atoms with Crippen LogP contribution in [0.3, 0.4) is 0 Å². The highest BCUT2D eigenvalue weighted by molar-refractivity contribution is 7.13. The van der Waals surface area contributed by atoms with E-state index in [0.29, 0.717) is 17.5 Å². The summed E-state index contributed by atoms with van der Waals surface area (Å²) in [7, 11) is 0. The summed E-state index contributed by atoms with van der Waals surface area (Å²) in [5.41, 5.74) is 3.22. The second-order valence-corrected chi connectivity index (χ2v) is 5.74. The van der Waals surface area contributed by atoms with Crippen LogP contribution < -0.4 is 5.32 Å². The first kappa shape index (κ1) is 13.7. The van der Waals surface area contributed by atoms with Gasteiger partial charge in [0.1, 0.15) is 0 Å². The van der Waals surface area contributed by atoms with Crippen LogP contribution in [0.2, 0.25) is 0 Å². The van der Waals surface area contributed by atoms with Gasteiger partial charge in [-0.05, 0) is 24.0 Å². The minimum Gasteiger partial charge on any atom is -0.302 e. The summed E-state index contributed by atoms with van der Waals surface area (Å²) >= 11 is 1.48. The van der Waals surface area contributed by atoms with E-state index in [-0.39, 0.29) is 5.91 Å². The standard InChI is InChI=1S/C15H18N2OS/c1-10(2)13-9-19-15(16-13)17-14(18)8-12-7-5-4-6-11(12)3/h4-7,9-10H,8H2,1-3H3,(H,16,17,18). The number of benzene rings is 1. The van der Waals surface area contributed by atoms with Gasteiger partial charge >= 0.3 is 0 Å². The van der Waals surface area contributed by atoms with Crippen LogP contribution in [-0.4, -0.2) is 10.9 Å². The smallest absolute Gasteiger partial charge is 0.230 e. The minimum atomic E-state index is -0.0149. The Balaban J connectivity index is 1.99. The number of nitrogens with zero attached hydrogens (tertiary/aromatic N) is 1. The van der Waals surface area contributed by atoms with E-state index in [9.17, 15) is 4.79 Å². The third-order valence-corrected chi connectivity index (χ3v) is 3.75. The molecule has 0 aliphatic rings. The van der Waals surface area contributed by atoms with E-state index in [1.807, 2.05) is 36.6 Å². The fourth-order valence-corrected chi connectivity index (χ4v) is 2.64. The summed E-state index contributed by atoms with van der Waals surface area (Å²) in [5.74, 6) is 0.372. The molecule has 0 fully saturated rings. The Bertz CT molecular complexity index is 575. The quantitative estimate of drug-likeness (QED) is 0.922. The maximum atomic E-state index is 12.0. The molecule has 1 aromatic carbocycles. The van der Waals surface area contributed by atoms with Gasteiger partial charge in [-0.3, -0.25) is 4.79 Å². The van der Waals surface area contributed by atoms with E-state index < -0.39 is 0 Å². The molecule has 1 aromatic heterocycles. The molecule has 3 nitrogen and oxygen atoms in total. The first-order chi connectivity index (χ1) is 9.06. The molecule has 0 aliphatic carbocycles. The highest BCUT2D eigenvalue weighted by Gasteiger charge is 2.10. The lowest BCUT2D eigenvalue weighted by atomic mass is 10.1. The van der Waals surface area contributed by atoms with E-state index in [1.165, 1.54) is 11.3 Å². The Hall–Kier alpha value is -1.68. The Morgan fingerprint density at radius 1 is 1.37 bits per heavy atom. The summed E-state index contributed by atoms with van der Waals surface area (Å²) in [6, 6.07) is 7.93. The molecule has 0 radical (unpaired) electrons. The van der Waals surface area contributed by atoms with Crippen LogP contribution in [0.1, 0.15) is 36.6 Å². The van der Waals surface area contributed by atoms with E-state index in [0.717, 1.165) is 16.8 Å². The van der Waals surface area contributed by atoms with Gasteiger partial charge in [0.05, 0.1) is 12.1 Å². The molecule has 19 heavy (non-hydrogen) atoms. The van der Waals surface area contributed by atoms with Crippen molar-refractivity contribution in [1.29, 1.82) is 0 Å². The number of carbonyl (C=O) groups excluding carboxylic acids is 1. The van der Waals surface area contributed by atoms with Crippen molar-refractivity contribution in [2.45, 2.75) is 33.1 Å². The number of anilines is 1. The lowest BCUT2D eigenvalue weighted by Gasteiger charge is -2.05. The third-order valence-electron chi connectivity index (χ3n) is 2.97. The number of hydrogen-bond donors (Lipinski definition) is 1. The van der Waals surface area contributed by atoms with Crippen molar-refractivity contribution >= 4 is 22.4 Å². The van der Waals surface area contributed by atoms with Crippen LogP contribution in [0, 0.1) is 6.92 Å². The molecule has 100 valence electrons. The maximum Gasteiger partial charge on any atom is 0.230 e. The average molecular weight is 274 g/mol. The van der Waals surface area contributed by atoms with Gasteiger partial charge < -0.3 is 5.32 Å². The summed E-state index contributed by atoms with van der Waals surface area (Å²) < 4.78 is 0. The van der Waals surface area contributed by atoms with Crippen molar-refractivity contribution in [3.05, 3.63) is 46.5 Å². The Kier molecular flexibility index (Phi) is 4.32. The first-order valence-electron chi connectivity index (χ1n) is 6.36. The predicted octanol–water partition coefficient (Wildman–Crippen LogP) is 3.76. The number of amides is 1. The molecule has 1 amide bonds. The van der Waals surface area contributed by atoms with Crippen LogP contribution in [0.15, 0.2) is 29.6 Å². The topological polar surface area (TPSA) is 42.0 Å². The number of thiazole rings is 1. The molecular formula is C15H18N2OS. The van der Waals surface area contributed by atoms with Gasteiger partial charge in [-0.2, -0.15) is 0 Å². The lowest BCUT2D eigenvalue weighted by molar-refractivity contribution is -0.115. The van der Waals surface area contributed by atoms with Crippen LogP contribution in [-0.2, 0) is 11.2 Å². The Morgan fingerprint density at radius 2 is 2.11 bits per heavy atom. The van der Waals surface area contributed by atoms with Crippen molar-refractivity contribution < 1.29 is 4.79 Å². The van der Waals surface area contributed by atoms with E-state index in [1.54, 1.807) is 0 Å². The molecule has 1 N–H and O–H groups in total. The van der Waals surface area contributed by atoms with Gasteiger partial charge in [-0.25, -0.2) is 4.98 Å². The number of carbonyl (C=O) groups is 1. The Labute approximate surface area is 117 Å². The fourth-order valence-electron chi connectivity index (χ4n) is 1.75. The molecule has 0 saturated carbocycles. The average Bonchev–Trinajstić information content (AvgIpc) is 2.80. The molecule has 0 spiro atoms. The second-order valence-electron chi connectivity index (χ2n) is 4.88. The van der Waals surface area contributed by atoms with E-state index in [4.69, 9.17) is 0 Å². The molecule has 2 aromatic rings. The SMILES string of the molecule is Cc1ccccc1CC(=O)Nc1nc(C(C)C)cs1. The molecular weight excluding hydrogens is 256 g/mol. The zero-order valence-corrected chi connectivity index (χ0v) is 12.3. The second kappa shape index (κ2) is 5.97. The Morgan fingerprint density at radius 3 is 2.74 bits per heavy atom. The molecule has 2 rings (SSSR count). The maximum absolute atomic E-state index is 12.0. The summed E-state index contributed by atoms with van der Waals surface area (Å²) in [6.07, 6.45) is 0.392. The summed E-state index contributed by atoms with van der Waals surface area (Å²) in [4.78, 5) is 16.4. The number of hydrogen-bond acceptors (Lipinski definition) is 3. The van der Waals surface area contributed by atoms with Gasteiger partial charge in [0.25, 0.3) is 0 Å². The number of aryl methyl sites for hydroxylation is 1. The number of nitrogens with one attached hydrogen (secondary N) is 1. The van der Waals surface area contributed by atoms with Crippen molar-refractivity contribution in [3.63, 3.8) is 0 Å². The molecule has 0 atom stereocenters. The largest absolute Gasteiger partial charge is 0.302 e. The number of rotatable bonds is 4. The van der Waals surface area contributed by atoms with Crippen LogP contribution in [0.5, 0.6) is 0 Å². The van der Waals surface area contributed by atoms with Gasteiger partial charge in [0.15, 0.2) is 5.13 Å². The number of aromatic nitrogens is 1. The highest BCUT2D eigenvalue weighted by atomic mass is 32.1. The van der Waals surface area contributed by atoms with Gasteiger partial charge in [0.2, 0.25) is 5.91 Å². The van der Waals surface area contributed by atoms with Gasteiger partial charge in [-0.15, -0.1) is 11.3 Å². The fraction of sp³-hybridized carbons (Fsp3) is 0.333. The molecule has 1 heterocycles. The minimum absolute atomic E-state index is 0.0149. The molecule has 0 unspecified atom stereocenters. The third kappa shape index (κ3) is 3.64. The van der Waals surface area contributed by atoms with Crippen LogP contribution in [0.4, 0.5) is 5.13 Å². The van der Waals surface area contributed by atoms with E-state index >= 15 is 0 Å². The molecule has 0 aliphatic heterocycles. The van der Waals surface area contributed by atoms with Crippen LogP contribution in [0.25, 0.3) is 0 Å². The summed E-state index contributed by atoms with van der Waals surface area (Å²) in [6.45, 7) is 6.20. The zero-order valence-electron chi connectivity index (χ0n) is 11.4.